The number of benzene rings is 1. The molecule has 1 aromatic rings. The van der Waals surface area contributed by atoms with Gasteiger partial charge in [-0.05, 0) is 18.1 Å². The molecule has 1 rings (SSSR count). The molecule has 154 valence electrons. The van der Waals surface area contributed by atoms with Gasteiger partial charge in [0.15, 0.2) is 0 Å². The van der Waals surface area contributed by atoms with Crippen molar-refractivity contribution < 1.29 is 36.8 Å². The van der Waals surface area contributed by atoms with Crippen LogP contribution in [0.15, 0.2) is 24.3 Å². The third-order valence-electron chi connectivity index (χ3n) is 3.89. The molecule has 1 unspecified atom stereocenters. The van der Waals surface area contributed by atoms with Crippen molar-refractivity contribution in [3.05, 3.63) is 35.4 Å². The van der Waals surface area contributed by atoms with Crippen molar-refractivity contribution in [1.29, 1.82) is 0 Å². The summed E-state index contributed by atoms with van der Waals surface area (Å²) in [6.45, 7) is 1.27. The summed E-state index contributed by atoms with van der Waals surface area (Å²) < 4.78 is 55.0. The van der Waals surface area contributed by atoms with Crippen molar-refractivity contribution in [3.8, 4) is 0 Å². The van der Waals surface area contributed by atoms with E-state index < -0.39 is 38.1 Å². The first-order valence-corrected chi connectivity index (χ1v) is 10.2. The molecule has 0 aliphatic heterocycles. The molecule has 1 aromatic carbocycles. The molecule has 0 heterocycles. The fourth-order valence-corrected chi connectivity index (χ4v) is 2.94. The standard InChI is InChI=1S/C17H25F3NO5P/c1-2-3-4-5-6-11-16(22)21-15(12-26-27(23,24)25)13-9-7-8-10-14(13)17(18,19)20/h7-10,15H,2-6,11-12H2,1H3,(H,21,22)(H2,23,24,25). The number of unbranched alkanes of at least 4 members (excludes halogenated alkanes) is 4. The minimum absolute atomic E-state index is 0.115. The summed E-state index contributed by atoms with van der Waals surface area (Å²) >= 11 is 0. The maximum absolute atomic E-state index is 13.2. The van der Waals surface area contributed by atoms with Crippen LogP contribution in [0.1, 0.15) is 62.6 Å². The van der Waals surface area contributed by atoms with Gasteiger partial charge in [-0.2, -0.15) is 13.2 Å². The van der Waals surface area contributed by atoms with Gasteiger partial charge < -0.3 is 15.1 Å². The number of amides is 1. The number of hydrogen-bond donors (Lipinski definition) is 3. The van der Waals surface area contributed by atoms with Crippen molar-refractivity contribution in [3.63, 3.8) is 0 Å². The minimum Gasteiger partial charge on any atom is -0.347 e. The number of phosphoric acid groups is 1. The molecule has 3 N–H and O–H groups in total. The Morgan fingerprint density at radius 2 is 1.81 bits per heavy atom. The number of carbonyl (C=O) groups is 1. The molecule has 0 aliphatic carbocycles. The highest BCUT2D eigenvalue weighted by Gasteiger charge is 2.36. The zero-order chi connectivity index (χ0) is 20.5. The van der Waals surface area contributed by atoms with E-state index in [0.717, 1.165) is 37.8 Å². The monoisotopic (exact) mass is 411 g/mol. The molecule has 0 spiro atoms. The topological polar surface area (TPSA) is 95.9 Å². The predicted molar refractivity (Wildman–Crippen MR) is 93.7 cm³/mol. The second-order valence-electron chi connectivity index (χ2n) is 6.16. The Morgan fingerprint density at radius 3 is 2.41 bits per heavy atom. The number of nitrogens with one attached hydrogen (secondary N) is 1. The second kappa shape index (κ2) is 10.8. The van der Waals surface area contributed by atoms with E-state index in [4.69, 9.17) is 9.79 Å². The summed E-state index contributed by atoms with van der Waals surface area (Å²) in [5.41, 5.74) is -1.30. The van der Waals surface area contributed by atoms with Crippen LogP contribution in [0.2, 0.25) is 0 Å². The summed E-state index contributed by atoms with van der Waals surface area (Å²) in [7, 11) is -4.91. The van der Waals surface area contributed by atoms with Crippen LogP contribution in [-0.2, 0) is 20.1 Å². The average molecular weight is 411 g/mol. The largest absolute Gasteiger partial charge is 0.469 e. The van der Waals surface area contributed by atoms with Crippen molar-refractivity contribution in [2.45, 2.75) is 57.7 Å². The molecule has 6 nitrogen and oxygen atoms in total. The smallest absolute Gasteiger partial charge is 0.347 e. The zero-order valence-corrected chi connectivity index (χ0v) is 15.9. The van der Waals surface area contributed by atoms with Crippen LogP contribution in [0.4, 0.5) is 13.2 Å². The average Bonchev–Trinajstić information content (AvgIpc) is 2.57. The van der Waals surface area contributed by atoms with Gasteiger partial charge in [-0.1, -0.05) is 50.8 Å². The van der Waals surface area contributed by atoms with Gasteiger partial charge in [0.25, 0.3) is 0 Å². The molecule has 1 amide bonds. The first-order chi connectivity index (χ1) is 12.5. The van der Waals surface area contributed by atoms with E-state index in [-0.39, 0.29) is 12.0 Å². The zero-order valence-electron chi connectivity index (χ0n) is 15.0. The van der Waals surface area contributed by atoms with E-state index in [0.29, 0.717) is 6.42 Å². The highest BCUT2D eigenvalue weighted by atomic mass is 31.2. The fourth-order valence-electron chi connectivity index (χ4n) is 2.60. The van der Waals surface area contributed by atoms with Gasteiger partial charge in [0.2, 0.25) is 5.91 Å². The number of alkyl halides is 3. The third kappa shape index (κ3) is 9.37. The Morgan fingerprint density at radius 1 is 1.19 bits per heavy atom. The molecule has 0 aromatic heterocycles. The maximum atomic E-state index is 13.2. The molecule has 0 radical (unpaired) electrons. The number of phosphoric ester groups is 1. The summed E-state index contributed by atoms with van der Waals surface area (Å²) in [6, 6.07) is 3.21. The molecule has 0 bridgehead atoms. The summed E-state index contributed by atoms with van der Waals surface area (Å²) in [6.07, 6.45) is -0.109. The predicted octanol–water partition coefficient (Wildman–Crippen LogP) is 4.33. The third-order valence-corrected chi connectivity index (χ3v) is 4.38. The van der Waals surface area contributed by atoms with Gasteiger partial charge in [-0.3, -0.25) is 9.32 Å². The molecule has 0 fully saturated rings. The van der Waals surface area contributed by atoms with E-state index in [1.54, 1.807) is 0 Å². The first kappa shape index (κ1) is 23.6. The molecule has 0 saturated heterocycles. The molecule has 0 aliphatic rings. The van der Waals surface area contributed by atoms with Crippen LogP contribution in [0.25, 0.3) is 0 Å². The molecular formula is C17H25F3NO5P. The maximum Gasteiger partial charge on any atom is 0.469 e. The molecule has 10 heteroatoms. The highest BCUT2D eigenvalue weighted by molar-refractivity contribution is 7.46. The van der Waals surface area contributed by atoms with Gasteiger partial charge >= 0.3 is 14.0 Å². The van der Waals surface area contributed by atoms with E-state index in [2.05, 4.69) is 16.8 Å². The molecule has 27 heavy (non-hydrogen) atoms. The van der Waals surface area contributed by atoms with Gasteiger partial charge in [0.05, 0.1) is 18.2 Å². The van der Waals surface area contributed by atoms with Crippen LogP contribution in [-0.4, -0.2) is 22.3 Å². The quantitative estimate of drug-likeness (QED) is 0.372. The number of carbonyl (C=O) groups excluding carboxylic acids is 1. The summed E-state index contributed by atoms with van der Waals surface area (Å²) in [5.74, 6) is -0.497. The Labute approximate surface area is 156 Å². The molecule has 0 saturated carbocycles. The lowest BCUT2D eigenvalue weighted by molar-refractivity contribution is -0.139. The van der Waals surface area contributed by atoms with Crippen molar-refractivity contribution in [2.24, 2.45) is 0 Å². The van der Waals surface area contributed by atoms with Gasteiger partial charge in [0.1, 0.15) is 0 Å². The van der Waals surface area contributed by atoms with Crippen LogP contribution in [0.3, 0.4) is 0 Å². The van der Waals surface area contributed by atoms with Crippen LogP contribution >= 0.6 is 7.82 Å². The number of hydrogen-bond acceptors (Lipinski definition) is 3. The lowest BCUT2D eigenvalue weighted by Crippen LogP contribution is -2.32. The van der Waals surface area contributed by atoms with Crippen molar-refractivity contribution in [2.75, 3.05) is 6.61 Å². The fraction of sp³-hybridized carbons (Fsp3) is 0.588. The Balaban J connectivity index is 2.89. The lowest BCUT2D eigenvalue weighted by atomic mass is 10.00. The molecule has 1 atom stereocenters. The Kier molecular flexibility index (Phi) is 9.45. The highest BCUT2D eigenvalue weighted by Crippen LogP contribution is 2.39. The van der Waals surface area contributed by atoms with Crippen LogP contribution in [0, 0.1) is 0 Å². The van der Waals surface area contributed by atoms with E-state index in [9.17, 15) is 22.5 Å². The van der Waals surface area contributed by atoms with Gasteiger partial charge in [0, 0.05) is 6.42 Å². The van der Waals surface area contributed by atoms with Crippen molar-refractivity contribution >= 4 is 13.7 Å². The molecular weight excluding hydrogens is 386 g/mol. The SMILES string of the molecule is CCCCCCCC(=O)NC(COP(=O)(O)O)c1ccccc1C(F)(F)F. The van der Waals surface area contributed by atoms with Gasteiger partial charge in [-0.15, -0.1) is 0 Å². The number of rotatable bonds is 11. The Bertz CT molecular complexity index is 648. The lowest BCUT2D eigenvalue weighted by Gasteiger charge is -2.23. The van der Waals surface area contributed by atoms with E-state index in [1.165, 1.54) is 12.1 Å². The Hall–Kier alpha value is -1.41. The van der Waals surface area contributed by atoms with Gasteiger partial charge in [-0.25, -0.2) is 4.57 Å². The summed E-state index contributed by atoms with van der Waals surface area (Å²) in [5, 5.41) is 2.40. The summed E-state index contributed by atoms with van der Waals surface area (Å²) in [4.78, 5) is 29.8. The van der Waals surface area contributed by atoms with Crippen LogP contribution in [0.5, 0.6) is 0 Å². The van der Waals surface area contributed by atoms with Crippen molar-refractivity contribution in [1.82, 2.24) is 5.32 Å². The van der Waals surface area contributed by atoms with E-state index in [1.807, 2.05) is 0 Å². The number of halogens is 3. The minimum atomic E-state index is -4.91. The normalized spacial score (nSPS) is 13.4. The first-order valence-electron chi connectivity index (χ1n) is 8.70. The van der Waals surface area contributed by atoms with Crippen LogP contribution < -0.4 is 5.32 Å². The van der Waals surface area contributed by atoms with E-state index >= 15 is 0 Å². The second-order valence-corrected chi connectivity index (χ2v) is 7.40.